The molecular formula is C16H33IN4O3. The summed E-state index contributed by atoms with van der Waals surface area (Å²) < 4.78 is 11.0. The van der Waals surface area contributed by atoms with Crippen LogP contribution in [0.4, 0.5) is 0 Å². The van der Waals surface area contributed by atoms with Gasteiger partial charge in [0.2, 0.25) is 0 Å². The maximum atomic E-state index is 10.6. The van der Waals surface area contributed by atoms with Crippen molar-refractivity contribution in [2.45, 2.75) is 38.4 Å². The number of aliphatic hydroxyl groups is 1. The summed E-state index contributed by atoms with van der Waals surface area (Å²) in [7, 11) is 0. The van der Waals surface area contributed by atoms with E-state index in [1.54, 1.807) is 0 Å². The molecule has 2 saturated heterocycles. The van der Waals surface area contributed by atoms with Gasteiger partial charge in [-0.3, -0.25) is 9.89 Å². The molecule has 2 aliphatic heterocycles. The van der Waals surface area contributed by atoms with Crippen molar-refractivity contribution in [3.8, 4) is 0 Å². The molecule has 7 nitrogen and oxygen atoms in total. The van der Waals surface area contributed by atoms with E-state index in [1.807, 2.05) is 13.8 Å². The van der Waals surface area contributed by atoms with E-state index in [0.29, 0.717) is 13.1 Å². The number of β-amino-alcohol motifs (C(OH)–C–C–N with tert-alkyl or cyclic N) is 1. The lowest BCUT2D eigenvalue weighted by molar-refractivity contribution is -0.0180. The summed E-state index contributed by atoms with van der Waals surface area (Å²) in [6.45, 7) is 10.5. The van der Waals surface area contributed by atoms with E-state index in [4.69, 9.17) is 9.47 Å². The number of morpholine rings is 1. The Bertz CT molecular complexity index is 370. The molecule has 142 valence electrons. The summed E-state index contributed by atoms with van der Waals surface area (Å²) in [6, 6.07) is 0. The van der Waals surface area contributed by atoms with Crippen LogP contribution in [0.5, 0.6) is 0 Å². The van der Waals surface area contributed by atoms with Gasteiger partial charge in [0, 0.05) is 39.3 Å². The summed E-state index contributed by atoms with van der Waals surface area (Å²) >= 11 is 0. The van der Waals surface area contributed by atoms with Gasteiger partial charge >= 0.3 is 0 Å². The molecule has 2 atom stereocenters. The smallest absolute Gasteiger partial charge is 0.191 e. The molecule has 24 heavy (non-hydrogen) atoms. The maximum Gasteiger partial charge on any atom is 0.191 e. The zero-order chi connectivity index (χ0) is 16.5. The van der Waals surface area contributed by atoms with Crippen LogP contribution < -0.4 is 10.6 Å². The summed E-state index contributed by atoms with van der Waals surface area (Å²) in [5, 5.41) is 17.1. The Labute approximate surface area is 162 Å². The highest BCUT2D eigenvalue weighted by Gasteiger charge is 2.25. The number of hydrogen-bond acceptors (Lipinski definition) is 5. The number of halogens is 1. The van der Waals surface area contributed by atoms with Crippen molar-refractivity contribution < 1.29 is 14.6 Å². The average molecular weight is 456 g/mol. The van der Waals surface area contributed by atoms with Crippen LogP contribution in [0.1, 0.15) is 26.7 Å². The monoisotopic (exact) mass is 456 g/mol. The highest BCUT2D eigenvalue weighted by atomic mass is 127. The van der Waals surface area contributed by atoms with Crippen molar-refractivity contribution in [1.82, 2.24) is 15.5 Å². The second kappa shape index (κ2) is 11.5. The number of nitrogens with zero attached hydrogens (tertiary/aromatic N) is 2. The fourth-order valence-electron chi connectivity index (χ4n) is 2.90. The van der Waals surface area contributed by atoms with E-state index in [0.717, 1.165) is 64.8 Å². The fraction of sp³-hybridized carbons (Fsp3) is 0.938. The van der Waals surface area contributed by atoms with E-state index in [1.165, 1.54) is 0 Å². The molecule has 2 rings (SSSR count). The predicted molar refractivity (Wildman–Crippen MR) is 106 cm³/mol. The van der Waals surface area contributed by atoms with Gasteiger partial charge in [0.15, 0.2) is 5.96 Å². The van der Waals surface area contributed by atoms with E-state index in [9.17, 15) is 5.11 Å². The van der Waals surface area contributed by atoms with Crippen LogP contribution in [0.15, 0.2) is 4.99 Å². The van der Waals surface area contributed by atoms with Gasteiger partial charge in [-0.05, 0) is 26.7 Å². The molecule has 0 saturated carbocycles. The normalized spacial score (nSPS) is 25.0. The molecule has 0 aliphatic carbocycles. The lowest BCUT2D eigenvalue weighted by Crippen LogP contribution is -2.48. The quantitative estimate of drug-likeness (QED) is 0.293. The van der Waals surface area contributed by atoms with Crippen LogP contribution in [0.25, 0.3) is 0 Å². The molecule has 0 spiro atoms. The number of rotatable bonds is 7. The SMILES string of the molecule is CCNC(=NCC(C)(O)CN1CCOCC1)NCC1CCCO1.I. The first-order valence-corrected chi connectivity index (χ1v) is 8.75. The van der Waals surface area contributed by atoms with Crippen LogP contribution >= 0.6 is 24.0 Å². The molecule has 2 unspecified atom stereocenters. The Morgan fingerprint density at radius 1 is 1.29 bits per heavy atom. The minimum atomic E-state index is -0.844. The molecule has 0 radical (unpaired) electrons. The van der Waals surface area contributed by atoms with Crippen molar-refractivity contribution >= 4 is 29.9 Å². The van der Waals surface area contributed by atoms with Crippen molar-refractivity contribution in [2.75, 3.05) is 59.1 Å². The van der Waals surface area contributed by atoms with Crippen LogP contribution in [0.3, 0.4) is 0 Å². The van der Waals surface area contributed by atoms with Gasteiger partial charge in [-0.1, -0.05) is 0 Å². The van der Waals surface area contributed by atoms with Crippen LogP contribution in [0, 0.1) is 0 Å². The topological polar surface area (TPSA) is 78.4 Å². The summed E-state index contributed by atoms with van der Waals surface area (Å²) in [6.07, 6.45) is 2.50. The predicted octanol–water partition coefficient (Wildman–Crippen LogP) is 0.422. The molecule has 3 N–H and O–H groups in total. The number of aliphatic imine (C=N–C) groups is 1. The van der Waals surface area contributed by atoms with Crippen molar-refractivity contribution in [3.05, 3.63) is 0 Å². The highest BCUT2D eigenvalue weighted by molar-refractivity contribution is 14.0. The summed E-state index contributed by atoms with van der Waals surface area (Å²) in [4.78, 5) is 6.77. The second-order valence-corrected chi connectivity index (χ2v) is 6.60. The molecule has 8 heteroatoms. The Hall–Kier alpha value is -0.160. The van der Waals surface area contributed by atoms with Crippen molar-refractivity contribution in [1.29, 1.82) is 0 Å². The third-order valence-corrected chi connectivity index (χ3v) is 4.11. The van der Waals surface area contributed by atoms with Gasteiger partial charge in [-0.25, -0.2) is 0 Å². The van der Waals surface area contributed by atoms with Gasteiger partial charge in [0.1, 0.15) is 0 Å². The third kappa shape index (κ3) is 8.28. The molecule has 0 bridgehead atoms. The molecule has 2 fully saturated rings. The molecule has 2 aliphatic rings. The summed E-state index contributed by atoms with van der Waals surface area (Å²) in [5.74, 6) is 0.741. The molecule has 2 heterocycles. The van der Waals surface area contributed by atoms with Crippen molar-refractivity contribution in [2.24, 2.45) is 4.99 Å². The number of ether oxygens (including phenoxy) is 2. The van der Waals surface area contributed by atoms with Crippen LogP contribution in [0.2, 0.25) is 0 Å². The maximum absolute atomic E-state index is 10.6. The van der Waals surface area contributed by atoms with Gasteiger partial charge in [-0.2, -0.15) is 0 Å². The largest absolute Gasteiger partial charge is 0.387 e. The van der Waals surface area contributed by atoms with E-state index < -0.39 is 5.60 Å². The zero-order valence-electron chi connectivity index (χ0n) is 14.9. The van der Waals surface area contributed by atoms with Gasteiger partial charge < -0.3 is 25.2 Å². The molecule has 0 aromatic rings. The summed E-state index contributed by atoms with van der Waals surface area (Å²) in [5.41, 5.74) is -0.844. The molecule has 0 amide bonds. The number of guanidine groups is 1. The Morgan fingerprint density at radius 3 is 2.67 bits per heavy atom. The minimum absolute atomic E-state index is 0. The average Bonchev–Trinajstić information content (AvgIpc) is 3.04. The molecular weight excluding hydrogens is 423 g/mol. The Morgan fingerprint density at radius 2 is 2.04 bits per heavy atom. The van der Waals surface area contributed by atoms with E-state index in [-0.39, 0.29) is 30.1 Å². The van der Waals surface area contributed by atoms with Gasteiger partial charge in [0.05, 0.1) is 31.5 Å². The minimum Gasteiger partial charge on any atom is -0.387 e. The number of hydrogen-bond donors (Lipinski definition) is 3. The van der Waals surface area contributed by atoms with E-state index >= 15 is 0 Å². The lowest BCUT2D eigenvalue weighted by Gasteiger charge is -2.33. The zero-order valence-corrected chi connectivity index (χ0v) is 17.3. The van der Waals surface area contributed by atoms with Gasteiger partial charge in [0.25, 0.3) is 0 Å². The first-order valence-electron chi connectivity index (χ1n) is 8.75. The Balaban J connectivity index is 0.00000288. The van der Waals surface area contributed by atoms with Gasteiger partial charge in [-0.15, -0.1) is 24.0 Å². The van der Waals surface area contributed by atoms with E-state index in [2.05, 4.69) is 20.5 Å². The van der Waals surface area contributed by atoms with Crippen LogP contribution in [-0.2, 0) is 9.47 Å². The van der Waals surface area contributed by atoms with Crippen LogP contribution in [-0.4, -0.2) is 86.8 Å². The van der Waals surface area contributed by atoms with Crippen molar-refractivity contribution in [3.63, 3.8) is 0 Å². The third-order valence-electron chi connectivity index (χ3n) is 4.11. The standard InChI is InChI=1S/C16H32N4O3.HI/c1-3-17-15(18-11-14-5-4-8-23-14)19-12-16(2,21)13-20-6-9-22-10-7-20;/h14,21H,3-13H2,1-2H3,(H2,17,18,19);1H. The molecule has 0 aromatic heterocycles. The fourth-order valence-corrected chi connectivity index (χ4v) is 2.90. The molecule has 0 aromatic carbocycles. The highest BCUT2D eigenvalue weighted by Crippen LogP contribution is 2.11. The Kier molecular flexibility index (Phi) is 10.4. The number of nitrogens with one attached hydrogen (secondary N) is 2. The lowest BCUT2D eigenvalue weighted by atomic mass is 10.1. The first-order chi connectivity index (χ1) is 11.1. The second-order valence-electron chi connectivity index (χ2n) is 6.60. The first kappa shape index (κ1) is 21.9.